The summed E-state index contributed by atoms with van der Waals surface area (Å²) < 4.78 is 6.59. The van der Waals surface area contributed by atoms with Gasteiger partial charge in [0.25, 0.3) is 5.91 Å². The molecular formula is C27H25Cl3N4O4. The van der Waals surface area contributed by atoms with E-state index in [1.165, 1.54) is 48.3 Å². The highest BCUT2D eigenvalue weighted by atomic mass is 35.5. The molecule has 4 fully saturated rings. The summed E-state index contributed by atoms with van der Waals surface area (Å²) >= 11 is 18.9. The van der Waals surface area contributed by atoms with Gasteiger partial charge >= 0.3 is 5.97 Å². The third-order valence-electron chi connectivity index (χ3n) is 7.94. The number of amides is 1. The summed E-state index contributed by atoms with van der Waals surface area (Å²) in [5.74, 6) is 0.460. The number of rotatable bonds is 7. The van der Waals surface area contributed by atoms with E-state index in [1.54, 1.807) is 12.1 Å². The summed E-state index contributed by atoms with van der Waals surface area (Å²) in [5.41, 5.74) is 0.849. The average molecular weight is 576 g/mol. The van der Waals surface area contributed by atoms with Crippen LogP contribution in [0.5, 0.6) is 0 Å². The third kappa shape index (κ3) is 4.91. The van der Waals surface area contributed by atoms with Crippen LogP contribution in [0, 0.1) is 17.8 Å². The number of hydrogen-bond donors (Lipinski definition) is 2. The van der Waals surface area contributed by atoms with E-state index in [4.69, 9.17) is 39.5 Å². The molecule has 0 spiro atoms. The molecule has 11 heteroatoms. The van der Waals surface area contributed by atoms with Gasteiger partial charge in [-0.15, -0.1) is 15.0 Å². The lowest BCUT2D eigenvalue weighted by molar-refractivity contribution is -0.169. The highest BCUT2D eigenvalue weighted by Crippen LogP contribution is 2.57. The Morgan fingerprint density at radius 3 is 2.24 bits per heavy atom. The van der Waals surface area contributed by atoms with Crippen LogP contribution in [0.15, 0.2) is 36.4 Å². The van der Waals surface area contributed by atoms with Crippen molar-refractivity contribution in [2.24, 2.45) is 17.8 Å². The van der Waals surface area contributed by atoms with Gasteiger partial charge < -0.3 is 15.2 Å². The summed E-state index contributed by atoms with van der Waals surface area (Å²) in [6.07, 6.45) is 6.96. The fourth-order valence-corrected chi connectivity index (χ4v) is 7.75. The Morgan fingerprint density at radius 1 is 1.00 bits per heavy atom. The van der Waals surface area contributed by atoms with E-state index in [-0.39, 0.29) is 33.5 Å². The van der Waals surface area contributed by atoms with Gasteiger partial charge in [-0.2, -0.15) is 0 Å². The van der Waals surface area contributed by atoms with Gasteiger partial charge in [0.2, 0.25) is 0 Å². The predicted molar refractivity (Wildman–Crippen MR) is 143 cm³/mol. The molecule has 4 saturated carbocycles. The van der Waals surface area contributed by atoms with Gasteiger partial charge in [-0.05, 0) is 86.6 Å². The monoisotopic (exact) mass is 574 g/mol. The van der Waals surface area contributed by atoms with Crippen LogP contribution in [0.3, 0.4) is 0 Å². The number of ether oxygens (including phenoxy) is 1. The van der Waals surface area contributed by atoms with Crippen LogP contribution < -0.4 is 5.32 Å². The number of carbonyl (C=O) groups excluding carboxylic acids is 1. The molecule has 4 aliphatic carbocycles. The van der Waals surface area contributed by atoms with Gasteiger partial charge in [-0.25, -0.2) is 4.79 Å². The van der Waals surface area contributed by atoms with E-state index in [0.717, 1.165) is 19.3 Å². The van der Waals surface area contributed by atoms with Crippen molar-refractivity contribution in [2.45, 2.75) is 50.7 Å². The van der Waals surface area contributed by atoms with Crippen molar-refractivity contribution in [3.63, 3.8) is 0 Å². The molecule has 0 aliphatic heterocycles. The minimum absolute atomic E-state index is 0.0394. The van der Waals surface area contributed by atoms with Gasteiger partial charge in [0.1, 0.15) is 11.4 Å². The molecule has 0 radical (unpaired) electrons. The number of hydrogen-bond acceptors (Lipinski definition) is 5. The molecule has 8 nitrogen and oxygen atoms in total. The van der Waals surface area contributed by atoms with E-state index in [2.05, 4.69) is 15.5 Å². The highest BCUT2D eigenvalue weighted by Gasteiger charge is 2.51. The van der Waals surface area contributed by atoms with Gasteiger partial charge in [-0.3, -0.25) is 4.79 Å². The first kappa shape index (κ1) is 25.6. The van der Waals surface area contributed by atoms with Gasteiger partial charge in [0.05, 0.1) is 27.8 Å². The molecule has 0 saturated heterocycles. The summed E-state index contributed by atoms with van der Waals surface area (Å²) in [7, 11) is 0. The van der Waals surface area contributed by atoms with Crippen molar-refractivity contribution in [3.8, 4) is 5.69 Å². The molecule has 1 aromatic heterocycles. The van der Waals surface area contributed by atoms with Crippen LogP contribution in [-0.2, 0) is 11.3 Å². The molecular weight excluding hydrogens is 551 g/mol. The predicted octanol–water partition coefficient (Wildman–Crippen LogP) is 6.66. The van der Waals surface area contributed by atoms with Gasteiger partial charge in [0, 0.05) is 10.7 Å². The molecule has 1 amide bonds. The largest absolute Gasteiger partial charge is 0.478 e. The van der Waals surface area contributed by atoms with Crippen molar-refractivity contribution < 1.29 is 19.4 Å². The van der Waals surface area contributed by atoms with E-state index in [0.29, 0.717) is 39.8 Å². The molecule has 3 aromatic rings. The standard InChI is InChI=1S/C27H25Cl3N4O4/c28-18-8-20(29)24(21(30)9-18)34-32-22(13-38-27-10-14-4-15(11-27)6-16(5-14)12-27)23(33-34)25(35)31-19-3-1-2-17(7-19)26(36)37/h1-3,7-9,14-16H,4-6,10-13H2,(H,31,35)(H,36,37). The number of nitrogens with zero attached hydrogens (tertiary/aromatic N) is 3. The quantitative estimate of drug-likeness (QED) is 0.326. The van der Waals surface area contributed by atoms with E-state index >= 15 is 0 Å². The lowest BCUT2D eigenvalue weighted by Gasteiger charge is -2.56. The third-order valence-corrected chi connectivity index (χ3v) is 8.74. The fourth-order valence-electron chi connectivity index (χ4n) is 6.79. The Labute approximate surface area is 234 Å². The van der Waals surface area contributed by atoms with Crippen LogP contribution >= 0.6 is 34.8 Å². The fraction of sp³-hybridized carbons (Fsp3) is 0.407. The van der Waals surface area contributed by atoms with E-state index < -0.39 is 11.9 Å². The number of halogens is 3. The summed E-state index contributed by atoms with van der Waals surface area (Å²) in [6.45, 7) is 0.104. The molecule has 198 valence electrons. The van der Waals surface area contributed by atoms with E-state index in [9.17, 15) is 14.7 Å². The zero-order valence-corrected chi connectivity index (χ0v) is 22.6. The smallest absolute Gasteiger partial charge is 0.335 e. The number of anilines is 1. The van der Waals surface area contributed by atoms with Crippen molar-refractivity contribution in [1.82, 2.24) is 15.0 Å². The molecule has 0 atom stereocenters. The molecule has 4 bridgehead atoms. The van der Waals surface area contributed by atoms with Crippen molar-refractivity contribution in [3.05, 3.63) is 68.4 Å². The van der Waals surface area contributed by atoms with Crippen LogP contribution in [0.25, 0.3) is 5.69 Å². The summed E-state index contributed by atoms with van der Waals surface area (Å²) in [4.78, 5) is 26.0. The molecule has 4 aliphatic rings. The van der Waals surface area contributed by atoms with Crippen LogP contribution in [-0.4, -0.2) is 37.6 Å². The van der Waals surface area contributed by atoms with Gasteiger partial charge in [-0.1, -0.05) is 40.9 Å². The average Bonchev–Trinajstić information content (AvgIpc) is 3.25. The second-order valence-corrected chi connectivity index (χ2v) is 12.0. The maximum atomic E-state index is 13.4. The van der Waals surface area contributed by atoms with Crippen molar-refractivity contribution >= 4 is 52.4 Å². The van der Waals surface area contributed by atoms with Crippen molar-refractivity contribution in [1.29, 1.82) is 0 Å². The Balaban J connectivity index is 1.32. The maximum absolute atomic E-state index is 13.4. The SMILES string of the molecule is O=C(O)c1cccc(NC(=O)c2nn(-c3c(Cl)cc(Cl)cc3Cl)nc2COC23CC4CC(CC(C4)C2)C3)c1. The molecule has 1 heterocycles. The Kier molecular flexibility index (Phi) is 6.63. The topological polar surface area (TPSA) is 106 Å². The van der Waals surface area contributed by atoms with Crippen LogP contribution in [0.1, 0.15) is 65.1 Å². The normalized spacial score (nSPS) is 25.5. The lowest BCUT2D eigenvalue weighted by atomic mass is 9.54. The Bertz CT molecular complexity index is 1380. The zero-order valence-electron chi connectivity index (χ0n) is 20.3. The molecule has 0 unspecified atom stereocenters. The number of carbonyl (C=O) groups is 2. The molecule has 2 N–H and O–H groups in total. The molecule has 7 rings (SSSR count). The highest BCUT2D eigenvalue weighted by molar-refractivity contribution is 6.40. The summed E-state index contributed by atoms with van der Waals surface area (Å²) in [6, 6.07) is 9.03. The van der Waals surface area contributed by atoms with Gasteiger partial charge in [0.15, 0.2) is 5.69 Å². The van der Waals surface area contributed by atoms with Crippen LogP contribution in [0.2, 0.25) is 15.1 Å². The van der Waals surface area contributed by atoms with E-state index in [1.807, 2.05) is 0 Å². The number of nitrogens with one attached hydrogen (secondary N) is 1. The van der Waals surface area contributed by atoms with Crippen molar-refractivity contribution in [2.75, 3.05) is 5.32 Å². The number of carboxylic acids is 1. The first-order chi connectivity index (χ1) is 18.2. The number of benzene rings is 2. The zero-order chi connectivity index (χ0) is 26.6. The first-order valence-electron chi connectivity index (χ1n) is 12.6. The Morgan fingerprint density at radius 2 is 1.63 bits per heavy atom. The maximum Gasteiger partial charge on any atom is 0.335 e. The minimum atomic E-state index is -1.09. The second kappa shape index (κ2) is 9.83. The second-order valence-electron chi connectivity index (χ2n) is 10.7. The molecule has 38 heavy (non-hydrogen) atoms. The minimum Gasteiger partial charge on any atom is -0.478 e. The first-order valence-corrected chi connectivity index (χ1v) is 13.7. The molecule has 2 aromatic carbocycles. The number of aromatic carboxylic acids is 1. The number of aromatic nitrogens is 3. The number of carboxylic acid groups (broad SMARTS) is 1. The lowest BCUT2D eigenvalue weighted by Crippen LogP contribution is -2.51. The van der Waals surface area contributed by atoms with Crippen LogP contribution in [0.4, 0.5) is 5.69 Å². The summed E-state index contributed by atoms with van der Waals surface area (Å²) in [5, 5.41) is 21.9. The Hall–Kier alpha value is -2.65.